The molecule has 0 unspecified atom stereocenters. The van der Waals surface area contributed by atoms with Gasteiger partial charge in [0.1, 0.15) is 5.75 Å². The molecule has 4 heteroatoms. The van der Waals surface area contributed by atoms with Crippen molar-refractivity contribution in [3.63, 3.8) is 0 Å². The molecular formula is C17H19BrN2O. The summed E-state index contributed by atoms with van der Waals surface area (Å²) >= 11 is 3.55. The number of nitrogen functional groups attached to an aromatic ring is 1. The van der Waals surface area contributed by atoms with E-state index < -0.39 is 0 Å². The van der Waals surface area contributed by atoms with E-state index in [1.807, 2.05) is 18.2 Å². The highest BCUT2D eigenvalue weighted by Gasteiger charge is 2.18. The van der Waals surface area contributed by atoms with Gasteiger partial charge in [-0.2, -0.15) is 0 Å². The van der Waals surface area contributed by atoms with Crippen LogP contribution in [0.1, 0.15) is 17.5 Å². The van der Waals surface area contributed by atoms with E-state index in [-0.39, 0.29) is 0 Å². The molecule has 0 spiro atoms. The highest BCUT2D eigenvalue weighted by Crippen LogP contribution is 2.33. The molecule has 21 heavy (non-hydrogen) atoms. The summed E-state index contributed by atoms with van der Waals surface area (Å²) < 4.78 is 6.28. The fourth-order valence-corrected chi connectivity index (χ4v) is 3.51. The second-order valence-corrected chi connectivity index (χ2v) is 6.19. The van der Waals surface area contributed by atoms with Crippen molar-refractivity contribution in [2.24, 2.45) is 0 Å². The third-order valence-corrected chi connectivity index (χ3v) is 4.59. The van der Waals surface area contributed by atoms with E-state index in [1.54, 1.807) is 7.11 Å². The summed E-state index contributed by atoms with van der Waals surface area (Å²) in [5.41, 5.74) is 10.8. The lowest BCUT2D eigenvalue weighted by molar-refractivity contribution is 0.412. The lowest BCUT2D eigenvalue weighted by atomic mass is 9.99. The van der Waals surface area contributed by atoms with E-state index in [4.69, 9.17) is 10.5 Å². The summed E-state index contributed by atoms with van der Waals surface area (Å²) in [5.74, 6) is 0.863. The first-order valence-electron chi connectivity index (χ1n) is 7.14. The van der Waals surface area contributed by atoms with Crippen molar-refractivity contribution >= 4 is 27.3 Å². The van der Waals surface area contributed by atoms with E-state index in [9.17, 15) is 0 Å². The van der Waals surface area contributed by atoms with Gasteiger partial charge in [-0.15, -0.1) is 0 Å². The molecular weight excluding hydrogens is 328 g/mol. The Labute approximate surface area is 133 Å². The van der Waals surface area contributed by atoms with Crippen molar-refractivity contribution in [2.75, 3.05) is 24.3 Å². The van der Waals surface area contributed by atoms with E-state index in [1.165, 1.54) is 16.8 Å². The summed E-state index contributed by atoms with van der Waals surface area (Å²) in [6.07, 6.45) is 2.23. The van der Waals surface area contributed by atoms with Crippen molar-refractivity contribution < 1.29 is 4.74 Å². The maximum atomic E-state index is 6.11. The molecule has 0 saturated carbocycles. The van der Waals surface area contributed by atoms with Gasteiger partial charge in [-0.1, -0.05) is 12.1 Å². The molecule has 1 aliphatic rings. The van der Waals surface area contributed by atoms with Crippen LogP contribution in [0.15, 0.2) is 40.9 Å². The zero-order valence-electron chi connectivity index (χ0n) is 12.1. The maximum Gasteiger partial charge on any atom is 0.133 e. The van der Waals surface area contributed by atoms with Crippen LogP contribution < -0.4 is 15.4 Å². The number of methoxy groups -OCH3 is 1. The molecule has 0 saturated heterocycles. The Bertz CT molecular complexity index is 657. The summed E-state index contributed by atoms with van der Waals surface area (Å²) in [6.45, 7) is 1.96. The fraction of sp³-hybridized carbons (Fsp3) is 0.294. The number of nitrogens with zero attached hydrogens (tertiary/aromatic N) is 1. The van der Waals surface area contributed by atoms with Gasteiger partial charge < -0.3 is 15.4 Å². The zero-order valence-corrected chi connectivity index (χ0v) is 13.7. The van der Waals surface area contributed by atoms with Crippen LogP contribution >= 0.6 is 15.9 Å². The minimum Gasteiger partial charge on any atom is -0.496 e. The number of hydrogen-bond donors (Lipinski definition) is 1. The Morgan fingerprint density at radius 2 is 2.14 bits per heavy atom. The second kappa shape index (κ2) is 5.98. The van der Waals surface area contributed by atoms with Gasteiger partial charge in [0, 0.05) is 24.5 Å². The first-order valence-corrected chi connectivity index (χ1v) is 7.93. The van der Waals surface area contributed by atoms with Crippen molar-refractivity contribution in [1.29, 1.82) is 0 Å². The van der Waals surface area contributed by atoms with Gasteiger partial charge in [-0.3, -0.25) is 0 Å². The molecule has 110 valence electrons. The number of hydrogen-bond acceptors (Lipinski definition) is 3. The molecule has 1 aliphatic heterocycles. The van der Waals surface area contributed by atoms with Crippen molar-refractivity contribution in [2.45, 2.75) is 19.4 Å². The smallest absolute Gasteiger partial charge is 0.133 e. The minimum absolute atomic E-state index is 0.863. The number of benzene rings is 2. The zero-order chi connectivity index (χ0) is 14.8. The summed E-state index contributed by atoms with van der Waals surface area (Å²) in [7, 11) is 1.68. The summed E-state index contributed by atoms with van der Waals surface area (Å²) in [4.78, 5) is 2.41. The quantitative estimate of drug-likeness (QED) is 0.854. The van der Waals surface area contributed by atoms with Crippen LogP contribution in [-0.2, 0) is 13.0 Å². The summed E-state index contributed by atoms with van der Waals surface area (Å²) in [5, 5.41) is 0. The lowest BCUT2D eigenvalue weighted by Crippen LogP contribution is -2.29. The molecule has 0 fully saturated rings. The Kier molecular flexibility index (Phi) is 4.06. The Balaban J connectivity index is 1.87. The topological polar surface area (TPSA) is 38.5 Å². The van der Waals surface area contributed by atoms with E-state index in [0.717, 1.165) is 41.8 Å². The standard InChI is InChI=1S/C17H19BrN2O/c1-21-17-8-7-12(10-14(17)18)11-20-9-3-4-13-15(19)5-2-6-16(13)20/h2,5-8,10H,3-4,9,11,19H2,1H3. The van der Waals surface area contributed by atoms with Crippen LogP contribution in [0.2, 0.25) is 0 Å². The van der Waals surface area contributed by atoms with Gasteiger partial charge in [0.25, 0.3) is 0 Å². The molecule has 0 amide bonds. The molecule has 0 atom stereocenters. The second-order valence-electron chi connectivity index (χ2n) is 5.34. The summed E-state index contributed by atoms with van der Waals surface area (Å²) in [6, 6.07) is 12.4. The Morgan fingerprint density at radius 1 is 1.29 bits per heavy atom. The fourth-order valence-electron chi connectivity index (χ4n) is 2.92. The normalized spacial score (nSPS) is 13.9. The molecule has 0 bridgehead atoms. The Hall–Kier alpha value is -1.68. The van der Waals surface area contributed by atoms with Gasteiger partial charge in [-0.05, 0) is 64.2 Å². The molecule has 3 nitrogen and oxygen atoms in total. The Morgan fingerprint density at radius 3 is 2.90 bits per heavy atom. The average Bonchev–Trinajstić information content (AvgIpc) is 2.49. The predicted octanol–water partition coefficient (Wildman–Crippen LogP) is 3.99. The number of fused-ring (bicyclic) bond motifs is 1. The molecule has 2 aromatic carbocycles. The van der Waals surface area contributed by atoms with Crippen LogP contribution in [-0.4, -0.2) is 13.7 Å². The molecule has 2 aromatic rings. The molecule has 0 radical (unpaired) electrons. The average molecular weight is 347 g/mol. The highest BCUT2D eigenvalue weighted by molar-refractivity contribution is 9.10. The van der Waals surface area contributed by atoms with E-state index >= 15 is 0 Å². The number of ether oxygens (including phenoxy) is 1. The van der Waals surface area contributed by atoms with Crippen LogP contribution in [0.5, 0.6) is 5.75 Å². The molecule has 3 rings (SSSR count). The first kappa shape index (κ1) is 14.3. The van der Waals surface area contributed by atoms with Gasteiger partial charge in [0.05, 0.1) is 11.6 Å². The number of halogens is 1. The van der Waals surface area contributed by atoms with Crippen LogP contribution in [0.25, 0.3) is 0 Å². The maximum absolute atomic E-state index is 6.11. The van der Waals surface area contributed by atoms with Crippen molar-refractivity contribution in [3.8, 4) is 5.75 Å². The molecule has 0 aliphatic carbocycles. The number of anilines is 2. The van der Waals surface area contributed by atoms with E-state index in [0.29, 0.717) is 0 Å². The molecule has 2 N–H and O–H groups in total. The SMILES string of the molecule is COc1ccc(CN2CCCc3c(N)cccc32)cc1Br. The van der Waals surface area contributed by atoms with Crippen LogP contribution in [0.4, 0.5) is 11.4 Å². The van der Waals surface area contributed by atoms with E-state index in [2.05, 4.69) is 39.0 Å². The third kappa shape index (κ3) is 2.86. The van der Waals surface area contributed by atoms with Gasteiger partial charge in [-0.25, -0.2) is 0 Å². The van der Waals surface area contributed by atoms with Crippen LogP contribution in [0.3, 0.4) is 0 Å². The third-order valence-electron chi connectivity index (χ3n) is 3.97. The monoisotopic (exact) mass is 346 g/mol. The largest absolute Gasteiger partial charge is 0.496 e. The first-order chi connectivity index (χ1) is 10.2. The number of rotatable bonds is 3. The molecule has 1 heterocycles. The lowest BCUT2D eigenvalue weighted by Gasteiger charge is -2.32. The van der Waals surface area contributed by atoms with Gasteiger partial charge in [0.2, 0.25) is 0 Å². The van der Waals surface area contributed by atoms with Crippen molar-refractivity contribution in [1.82, 2.24) is 0 Å². The highest BCUT2D eigenvalue weighted by atomic mass is 79.9. The van der Waals surface area contributed by atoms with Gasteiger partial charge in [0.15, 0.2) is 0 Å². The van der Waals surface area contributed by atoms with Crippen LogP contribution in [0, 0.1) is 0 Å². The predicted molar refractivity (Wildman–Crippen MR) is 90.9 cm³/mol. The van der Waals surface area contributed by atoms with Crippen molar-refractivity contribution in [3.05, 3.63) is 52.0 Å². The minimum atomic E-state index is 0.863. The van der Waals surface area contributed by atoms with Gasteiger partial charge >= 0.3 is 0 Å². The number of nitrogens with two attached hydrogens (primary N) is 1. The molecule has 0 aromatic heterocycles.